The molecule has 1 atom stereocenters. The second kappa shape index (κ2) is 7.79. The van der Waals surface area contributed by atoms with Crippen molar-refractivity contribution in [1.82, 2.24) is 10.3 Å². The summed E-state index contributed by atoms with van der Waals surface area (Å²) < 4.78 is 5.37. The minimum atomic E-state index is -0.183. The summed E-state index contributed by atoms with van der Waals surface area (Å²) in [7, 11) is 1.65. The van der Waals surface area contributed by atoms with E-state index in [2.05, 4.69) is 31.1 Å². The molecule has 0 aromatic carbocycles. The summed E-state index contributed by atoms with van der Waals surface area (Å²) in [6.45, 7) is 7.04. The van der Waals surface area contributed by atoms with Gasteiger partial charge in [-0.15, -0.1) is 23.7 Å². The predicted octanol–water partition coefficient (Wildman–Crippen LogP) is 1.81. The SMILES string of the molecule is COC(CNC(=O)c1csc(CN)n1)C(C)(C)C.Cl. The van der Waals surface area contributed by atoms with Gasteiger partial charge >= 0.3 is 0 Å². The van der Waals surface area contributed by atoms with E-state index in [-0.39, 0.29) is 29.8 Å². The number of thiazole rings is 1. The molecule has 0 bridgehead atoms. The van der Waals surface area contributed by atoms with Crippen LogP contribution in [0.4, 0.5) is 0 Å². The standard InChI is InChI=1S/C12H21N3O2S.ClH/c1-12(2,3)9(17-4)6-14-11(16)8-7-18-10(5-13)15-8;/h7,9H,5-6,13H2,1-4H3,(H,14,16);1H. The smallest absolute Gasteiger partial charge is 0.270 e. The van der Waals surface area contributed by atoms with Crippen molar-refractivity contribution in [3.63, 3.8) is 0 Å². The number of carbonyl (C=O) groups is 1. The van der Waals surface area contributed by atoms with Crippen molar-refractivity contribution in [3.8, 4) is 0 Å². The van der Waals surface area contributed by atoms with Crippen molar-refractivity contribution >= 4 is 29.7 Å². The van der Waals surface area contributed by atoms with Crippen molar-refractivity contribution in [2.24, 2.45) is 11.1 Å². The highest BCUT2D eigenvalue weighted by atomic mass is 35.5. The van der Waals surface area contributed by atoms with E-state index in [1.165, 1.54) is 11.3 Å². The predicted molar refractivity (Wildman–Crippen MR) is 79.8 cm³/mol. The molecule has 0 saturated carbocycles. The highest BCUT2D eigenvalue weighted by molar-refractivity contribution is 7.09. The molecule has 1 amide bonds. The first-order valence-corrected chi connectivity index (χ1v) is 6.72. The zero-order valence-electron chi connectivity index (χ0n) is 11.7. The lowest BCUT2D eigenvalue weighted by atomic mass is 9.89. The lowest BCUT2D eigenvalue weighted by Crippen LogP contribution is -2.40. The first-order chi connectivity index (χ1) is 8.38. The van der Waals surface area contributed by atoms with Crippen molar-refractivity contribution in [2.75, 3.05) is 13.7 Å². The van der Waals surface area contributed by atoms with E-state index in [9.17, 15) is 4.79 Å². The maximum absolute atomic E-state index is 11.9. The van der Waals surface area contributed by atoms with Gasteiger partial charge in [0.25, 0.3) is 5.91 Å². The Labute approximate surface area is 124 Å². The maximum atomic E-state index is 11.9. The van der Waals surface area contributed by atoms with E-state index in [1.807, 2.05) is 0 Å². The van der Waals surface area contributed by atoms with Crippen molar-refractivity contribution in [3.05, 3.63) is 16.1 Å². The Hall–Kier alpha value is -0.690. The zero-order chi connectivity index (χ0) is 13.8. The van der Waals surface area contributed by atoms with Crippen LogP contribution in [-0.2, 0) is 11.3 Å². The van der Waals surface area contributed by atoms with E-state index in [4.69, 9.17) is 10.5 Å². The lowest BCUT2D eigenvalue weighted by molar-refractivity contribution is 0.0175. The Balaban J connectivity index is 0.00000324. The molecule has 110 valence electrons. The third kappa shape index (κ3) is 5.44. The fraction of sp³-hybridized carbons (Fsp3) is 0.667. The third-order valence-corrected chi connectivity index (χ3v) is 3.53. The molecule has 19 heavy (non-hydrogen) atoms. The summed E-state index contributed by atoms with van der Waals surface area (Å²) >= 11 is 1.40. The van der Waals surface area contributed by atoms with Crippen LogP contribution in [-0.4, -0.2) is 30.6 Å². The summed E-state index contributed by atoms with van der Waals surface area (Å²) in [5.74, 6) is -0.183. The molecule has 0 fully saturated rings. The third-order valence-electron chi connectivity index (χ3n) is 2.66. The quantitative estimate of drug-likeness (QED) is 0.870. The Morgan fingerprint density at radius 1 is 1.58 bits per heavy atom. The Bertz CT molecular complexity index is 404. The molecule has 1 aromatic heterocycles. The van der Waals surface area contributed by atoms with Crippen molar-refractivity contribution < 1.29 is 9.53 Å². The summed E-state index contributed by atoms with van der Waals surface area (Å²) in [6.07, 6.45) is -0.0333. The molecular weight excluding hydrogens is 286 g/mol. The molecule has 1 rings (SSSR count). The van der Waals surface area contributed by atoms with Crippen LogP contribution in [0.2, 0.25) is 0 Å². The monoisotopic (exact) mass is 307 g/mol. The topological polar surface area (TPSA) is 77.2 Å². The normalized spacial score (nSPS) is 12.7. The minimum absolute atomic E-state index is 0. The van der Waals surface area contributed by atoms with Crippen LogP contribution in [0.25, 0.3) is 0 Å². The zero-order valence-corrected chi connectivity index (χ0v) is 13.4. The van der Waals surface area contributed by atoms with E-state index in [1.54, 1.807) is 12.5 Å². The van der Waals surface area contributed by atoms with E-state index >= 15 is 0 Å². The second-order valence-electron chi connectivity index (χ2n) is 5.13. The molecule has 0 aliphatic carbocycles. The van der Waals surface area contributed by atoms with Gasteiger partial charge in [0.05, 0.1) is 6.10 Å². The van der Waals surface area contributed by atoms with Gasteiger partial charge in [0.2, 0.25) is 0 Å². The van der Waals surface area contributed by atoms with Crippen molar-refractivity contribution in [2.45, 2.75) is 33.4 Å². The number of methoxy groups -OCH3 is 1. The van der Waals surface area contributed by atoms with Gasteiger partial charge in [-0.25, -0.2) is 4.98 Å². The molecule has 0 aliphatic rings. The number of nitrogens with one attached hydrogen (secondary N) is 1. The van der Waals surface area contributed by atoms with Crippen LogP contribution in [0, 0.1) is 5.41 Å². The van der Waals surface area contributed by atoms with Crippen LogP contribution >= 0.6 is 23.7 Å². The number of halogens is 1. The molecule has 0 aliphatic heterocycles. The molecule has 0 radical (unpaired) electrons. The number of nitrogens with two attached hydrogens (primary N) is 1. The summed E-state index contributed by atoms with van der Waals surface area (Å²) in [4.78, 5) is 16.0. The minimum Gasteiger partial charge on any atom is -0.379 e. The van der Waals surface area contributed by atoms with E-state index in [0.29, 0.717) is 18.8 Å². The van der Waals surface area contributed by atoms with E-state index < -0.39 is 0 Å². The number of hydrogen-bond donors (Lipinski definition) is 2. The average Bonchev–Trinajstić information content (AvgIpc) is 2.76. The molecule has 3 N–H and O–H groups in total. The second-order valence-corrected chi connectivity index (χ2v) is 6.07. The number of aromatic nitrogens is 1. The number of rotatable bonds is 5. The van der Waals surface area contributed by atoms with Gasteiger partial charge < -0.3 is 15.8 Å². The molecule has 0 saturated heterocycles. The van der Waals surface area contributed by atoms with Gasteiger partial charge in [0.1, 0.15) is 10.7 Å². The molecule has 1 aromatic rings. The first-order valence-electron chi connectivity index (χ1n) is 5.84. The molecular formula is C12H22ClN3O2S. The van der Waals surface area contributed by atoms with Gasteiger partial charge in [-0.3, -0.25) is 4.79 Å². The summed E-state index contributed by atoms with van der Waals surface area (Å²) in [5, 5.41) is 5.32. The number of nitrogens with zero attached hydrogens (tertiary/aromatic N) is 1. The van der Waals surface area contributed by atoms with Gasteiger partial charge in [-0.05, 0) is 5.41 Å². The molecule has 7 heteroatoms. The highest BCUT2D eigenvalue weighted by Gasteiger charge is 2.25. The van der Waals surface area contributed by atoms with Gasteiger partial charge in [-0.1, -0.05) is 20.8 Å². The number of ether oxygens (including phenoxy) is 1. The van der Waals surface area contributed by atoms with Crippen molar-refractivity contribution in [1.29, 1.82) is 0 Å². The van der Waals surface area contributed by atoms with Gasteiger partial charge in [0.15, 0.2) is 0 Å². The van der Waals surface area contributed by atoms with Crippen LogP contribution in [0.15, 0.2) is 5.38 Å². The van der Waals surface area contributed by atoms with Crippen LogP contribution in [0.1, 0.15) is 36.3 Å². The average molecular weight is 308 g/mol. The van der Waals surface area contributed by atoms with E-state index in [0.717, 1.165) is 5.01 Å². The molecule has 5 nitrogen and oxygen atoms in total. The molecule has 1 unspecified atom stereocenters. The lowest BCUT2D eigenvalue weighted by Gasteiger charge is -2.29. The first kappa shape index (κ1) is 18.3. The Kier molecular flexibility index (Phi) is 7.51. The van der Waals surface area contributed by atoms with Gasteiger partial charge in [-0.2, -0.15) is 0 Å². The van der Waals surface area contributed by atoms with Crippen LogP contribution < -0.4 is 11.1 Å². The van der Waals surface area contributed by atoms with Gasteiger partial charge in [0, 0.05) is 25.6 Å². The summed E-state index contributed by atoms with van der Waals surface area (Å²) in [6, 6.07) is 0. The number of amides is 1. The number of carbonyl (C=O) groups excluding carboxylic acids is 1. The molecule has 1 heterocycles. The fourth-order valence-electron chi connectivity index (χ4n) is 1.53. The number of hydrogen-bond acceptors (Lipinski definition) is 5. The van der Waals surface area contributed by atoms with Crippen LogP contribution in [0.5, 0.6) is 0 Å². The highest BCUT2D eigenvalue weighted by Crippen LogP contribution is 2.21. The maximum Gasteiger partial charge on any atom is 0.270 e. The molecule has 0 spiro atoms. The summed E-state index contributed by atoms with van der Waals surface area (Å²) in [5.41, 5.74) is 5.86. The Morgan fingerprint density at radius 3 is 2.63 bits per heavy atom. The van der Waals surface area contributed by atoms with Crippen LogP contribution in [0.3, 0.4) is 0 Å². The Morgan fingerprint density at radius 2 is 2.21 bits per heavy atom. The fourth-order valence-corrected chi connectivity index (χ4v) is 2.18. The largest absolute Gasteiger partial charge is 0.379 e.